The highest BCUT2D eigenvalue weighted by Crippen LogP contribution is 2.66. The van der Waals surface area contributed by atoms with Crippen LogP contribution in [0.1, 0.15) is 6.23 Å². The van der Waals surface area contributed by atoms with Crippen molar-refractivity contribution in [3.63, 3.8) is 0 Å². The van der Waals surface area contributed by atoms with Crippen molar-refractivity contribution < 1.29 is 77.8 Å². The maximum atomic E-state index is 12.4. The largest absolute Gasteiger partial charge is 0.580 e. The molecule has 12 N–H and O–H groups in total. The van der Waals surface area contributed by atoms with Crippen LogP contribution in [0.25, 0.3) is 11.2 Å². The summed E-state index contributed by atoms with van der Waals surface area (Å²) < 4.78 is 37.6. The fourth-order valence-electron chi connectivity index (χ4n) is 4.01. The number of ether oxygens (including phenoxy) is 2. The summed E-state index contributed by atoms with van der Waals surface area (Å²) in [6.07, 6.45) is -15.8. The van der Waals surface area contributed by atoms with Crippen LogP contribution in [0.5, 0.6) is 0 Å². The average Bonchev–Trinajstić information content (AvgIpc) is 3.43. The molecule has 1 unspecified atom stereocenters. The van der Waals surface area contributed by atoms with Crippen molar-refractivity contribution >= 4 is 33.0 Å². The molecular weight excluding hydrogens is 592 g/mol. The lowest BCUT2D eigenvalue weighted by atomic mass is 9.96. The van der Waals surface area contributed by atoms with E-state index in [1.807, 2.05) is 0 Å². The van der Waals surface area contributed by atoms with E-state index in [1.165, 1.54) is 10.9 Å². The molecule has 2 aromatic rings. The van der Waals surface area contributed by atoms with Crippen LogP contribution < -0.4 is 5.73 Å². The number of nitrogens with zero attached hydrogens (tertiary/aromatic N) is 4. The van der Waals surface area contributed by atoms with Crippen LogP contribution in [0, 0.1) is 0 Å². The summed E-state index contributed by atoms with van der Waals surface area (Å²) in [5.41, 5.74) is 6.06. The Bertz CT molecular complexity index is 1220. The van der Waals surface area contributed by atoms with Gasteiger partial charge in [-0.2, -0.15) is 14.3 Å². The first-order valence-electron chi connectivity index (χ1n) is 11.3. The number of nitrogen functional groups attached to an aromatic ring is 1. The molecule has 4 rings (SSSR count). The van der Waals surface area contributed by atoms with Crippen LogP contribution >= 0.6 is 16.0 Å². The van der Waals surface area contributed by atoms with E-state index in [1.54, 1.807) is 0 Å². The summed E-state index contributed by atoms with van der Waals surface area (Å²) in [5.74, 6) is 0.0385. The maximum Gasteiger partial charge on any atom is 0.580 e. The zero-order chi connectivity index (χ0) is 29.6. The highest BCUT2D eigenvalue weighted by Gasteiger charge is 2.55. The number of hydrogen-bond acceptors (Lipinski definition) is 19. The van der Waals surface area contributed by atoms with Gasteiger partial charge in [0.1, 0.15) is 67.3 Å². The first-order chi connectivity index (χ1) is 18.7. The molecule has 23 heteroatoms. The summed E-state index contributed by atoms with van der Waals surface area (Å²) in [6, 6.07) is 0. The Morgan fingerprint density at radius 1 is 1.05 bits per heavy atom. The van der Waals surface area contributed by atoms with Crippen LogP contribution in [0.4, 0.5) is 5.82 Å². The molecule has 0 aliphatic carbocycles. The lowest BCUT2D eigenvalue weighted by molar-refractivity contribution is -0.292. The number of phosphoric acid groups is 1. The molecule has 2 aromatic heterocycles. The number of rotatable bonds is 10. The minimum absolute atomic E-state index is 0.0385. The number of anilines is 1. The van der Waals surface area contributed by atoms with Gasteiger partial charge in [0.25, 0.3) is 0 Å². The van der Waals surface area contributed by atoms with Gasteiger partial charge in [0.05, 0.1) is 12.9 Å². The van der Waals surface area contributed by atoms with Crippen molar-refractivity contribution in [3.05, 3.63) is 12.7 Å². The number of aliphatic hydroxyl groups excluding tert-OH is 7. The molecule has 4 heterocycles. The van der Waals surface area contributed by atoms with Gasteiger partial charge in [0.15, 0.2) is 24.0 Å². The van der Waals surface area contributed by atoms with E-state index in [0.29, 0.717) is 0 Å². The van der Waals surface area contributed by atoms with Crippen molar-refractivity contribution in [1.82, 2.24) is 19.5 Å². The van der Waals surface area contributed by atoms with Gasteiger partial charge in [0, 0.05) is 0 Å². The molecule has 0 radical (unpaired) electrons. The van der Waals surface area contributed by atoms with E-state index in [2.05, 4.69) is 23.8 Å². The van der Waals surface area contributed by atoms with Gasteiger partial charge in [-0.25, -0.2) is 19.5 Å². The molecule has 0 amide bonds. The predicted molar refractivity (Wildman–Crippen MR) is 125 cm³/mol. The van der Waals surface area contributed by atoms with Gasteiger partial charge in [-0.05, 0) is 4.31 Å². The van der Waals surface area contributed by atoms with Crippen LogP contribution in [-0.2, 0) is 27.4 Å². The van der Waals surface area contributed by atoms with Gasteiger partial charge < -0.3 is 55.8 Å². The second-order valence-electron chi connectivity index (χ2n) is 8.76. The van der Waals surface area contributed by atoms with Crippen molar-refractivity contribution in [2.75, 3.05) is 18.9 Å². The lowest BCUT2D eigenvalue weighted by Crippen LogP contribution is -2.61. The van der Waals surface area contributed by atoms with E-state index in [4.69, 9.17) is 24.8 Å². The molecule has 2 aliphatic rings. The highest BCUT2D eigenvalue weighted by atomic mass is 31.3. The topological polar surface area (TPSA) is 335 Å². The second-order valence-corrected chi connectivity index (χ2v) is 11.8. The zero-order valence-corrected chi connectivity index (χ0v) is 21.8. The van der Waals surface area contributed by atoms with Gasteiger partial charge in [0.2, 0.25) is 0 Å². The highest BCUT2D eigenvalue weighted by molar-refractivity contribution is 7.65. The number of aromatic nitrogens is 4. The van der Waals surface area contributed by atoms with Crippen LogP contribution in [0.15, 0.2) is 12.7 Å². The maximum absolute atomic E-state index is 12.4. The quantitative estimate of drug-likeness (QED) is 0.111. The number of hydrogen-bond donors (Lipinski definition) is 11. The second kappa shape index (κ2) is 12.0. The Morgan fingerprint density at radius 2 is 1.75 bits per heavy atom. The number of fused-ring (bicyclic) bond motifs is 1. The third kappa shape index (κ3) is 6.41. The number of imidazole rings is 1. The van der Waals surface area contributed by atoms with Crippen LogP contribution in [0.2, 0.25) is 0 Å². The van der Waals surface area contributed by atoms with E-state index in [-0.39, 0.29) is 17.0 Å². The molecule has 2 saturated heterocycles. The summed E-state index contributed by atoms with van der Waals surface area (Å²) in [6.45, 7) is -1.87. The van der Waals surface area contributed by atoms with Crippen molar-refractivity contribution in [2.24, 2.45) is 0 Å². The molecule has 0 spiro atoms. The Hall–Kier alpha value is -1.59. The van der Waals surface area contributed by atoms with Crippen LogP contribution in [0.3, 0.4) is 0 Å². The van der Waals surface area contributed by atoms with Gasteiger partial charge in [-0.1, -0.05) is 0 Å². The Kier molecular flexibility index (Phi) is 9.37. The summed E-state index contributed by atoms with van der Waals surface area (Å²) in [5, 5.41) is 69.4. The van der Waals surface area contributed by atoms with Crippen molar-refractivity contribution in [1.29, 1.82) is 0 Å². The van der Waals surface area contributed by atoms with Crippen LogP contribution in [-0.4, -0.2) is 138 Å². The first kappa shape index (κ1) is 31.3. The normalized spacial score (nSPS) is 35.6. The standard InChI is InChI=1S/C17H27N5O16P2/c18-14-7-15(20-3-19-14)22(4-21-7)16-11(28)8(25)6(35-16)2-34-39(30,31)38-40(32,33)37-17-12(29)9(26)10(27)13(36-17)5(24)1-23/h3-6,8-13,16-17,23-31H,1-2H2,(H2-,18,19,20,32,33)/p+1/t5-,6-,8-,9-,10-,11-,12-,13+,16-,17-/m1/s1. The zero-order valence-electron chi connectivity index (χ0n) is 20.0. The SMILES string of the molecule is Nc1ncnc2c1ncn2[C@@H]1O[C@H](CO[P+](O)(O)OP(=O)(O)O[C@H]2O[C@@H]([C@H](O)CO)[C@H](O)[C@@H](O)[C@H]2O)[C@@H](O)[C@H]1O. The smallest absolute Gasteiger partial charge is 0.394 e. The van der Waals surface area contributed by atoms with Gasteiger partial charge in [-0.3, -0.25) is 9.09 Å². The molecule has 2 aliphatic heterocycles. The third-order valence-electron chi connectivity index (χ3n) is 6.02. The van der Waals surface area contributed by atoms with Crippen molar-refractivity contribution in [2.45, 2.75) is 61.3 Å². The average molecular weight is 620 g/mol. The van der Waals surface area contributed by atoms with E-state index in [0.717, 1.165) is 6.33 Å². The summed E-state index contributed by atoms with van der Waals surface area (Å²) in [7, 11) is -10.8. The third-order valence-corrected chi connectivity index (χ3v) is 8.66. The first-order valence-corrected chi connectivity index (χ1v) is 14.3. The molecule has 226 valence electrons. The Morgan fingerprint density at radius 3 is 2.42 bits per heavy atom. The molecular formula is C17H28N5O16P2+. The molecule has 0 bridgehead atoms. The molecule has 11 atom stereocenters. The lowest BCUT2D eigenvalue weighted by Gasteiger charge is -2.41. The fraction of sp³-hybridized carbons (Fsp3) is 0.706. The van der Waals surface area contributed by atoms with Gasteiger partial charge >= 0.3 is 16.0 Å². The van der Waals surface area contributed by atoms with E-state index < -0.39 is 90.6 Å². The molecule has 0 saturated carbocycles. The number of nitrogens with two attached hydrogens (primary N) is 1. The van der Waals surface area contributed by atoms with Gasteiger partial charge in [-0.15, -0.1) is 0 Å². The number of aliphatic hydroxyl groups is 7. The molecule has 21 nitrogen and oxygen atoms in total. The predicted octanol–water partition coefficient (Wildman–Crippen LogP) is -5.00. The molecule has 40 heavy (non-hydrogen) atoms. The minimum Gasteiger partial charge on any atom is -0.394 e. The molecule has 0 aromatic carbocycles. The van der Waals surface area contributed by atoms with E-state index >= 15 is 0 Å². The Labute approximate surface area is 223 Å². The minimum atomic E-state index is -5.59. The Balaban J connectivity index is 1.38. The number of phosphoric ester groups is 1. The fourth-order valence-corrected chi connectivity index (χ4v) is 6.21. The summed E-state index contributed by atoms with van der Waals surface area (Å²) in [4.78, 5) is 41.9. The monoisotopic (exact) mass is 620 g/mol. The van der Waals surface area contributed by atoms with Crippen molar-refractivity contribution in [3.8, 4) is 0 Å². The summed E-state index contributed by atoms with van der Waals surface area (Å²) >= 11 is 0. The molecule has 2 fully saturated rings. The van der Waals surface area contributed by atoms with E-state index in [9.17, 15) is 49.9 Å².